The minimum Gasteiger partial charge on any atom is -0.303 e. The molecule has 66 valence electrons. The molecule has 0 saturated carbocycles. The van der Waals surface area contributed by atoms with E-state index in [9.17, 15) is 4.21 Å². The first kappa shape index (κ1) is 9.65. The quantitative estimate of drug-likeness (QED) is 0.728. The van der Waals surface area contributed by atoms with Gasteiger partial charge in [0, 0.05) is 5.41 Å². The summed E-state index contributed by atoms with van der Waals surface area (Å²) in [7, 11) is 0. The minimum atomic E-state index is -1.92. The monoisotopic (exact) mass is 193 g/mol. The summed E-state index contributed by atoms with van der Waals surface area (Å²) in [5.41, 5.74) is 1.36. The van der Waals surface area contributed by atoms with Crippen molar-refractivity contribution in [3.63, 3.8) is 0 Å². The van der Waals surface area contributed by atoms with Crippen molar-refractivity contribution in [1.82, 2.24) is 0 Å². The second-order valence-electron chi connectivity index (χ2n) is 2.31. The van der Waals surface area contributed by atoms with Gasteiger partial charge in [0.05, 0.1) is 11.6 Å². The molecular formula is C9H7NO2S. The first-order valence-electron chi connectivity index (χ1n) is 3.50. The molecule has 13 heavy (non-hydrogen) atoms. The van der Waals surface area contributed by atoms with Gasteiger partial charge >= 0.3 is 0 Å². The Morgan fingerprint density at radius 1 is 1.38 bits per heavy atom. The van der Waals surface area contributed by atoms with Gasteiger partial charge in [0.15, 0.2) is 11.1 Å². The Hall–Kier alpha value is -1.44. The Morgan fingerprint density at radius 3 is 2.46 bits per heavy atom. The fourth-order valence-electron chi connectivity index (χ4n) is 0.806. The molecule has 0 aliphatic rings. The summed E-state index contributed by atoms with van der Waals surface area (Å²) >= 11 is -1.92. The molecule has 0 heterocycles. The van der Waals surface area contributed by atoms with Crippen LogP contribution in [0.3, 0.4) is 0 Å². The second-order valence-corrected chi connectivity index (χ2v) is 3.14. The third-order valence-electron chi connectivity index (χ3n) is 1.42. The van der Waals surface area contributed by atoms with Crippen molar-refractivity contribution in [1.29, 1.82) is 5.26 Å². The zero-order chi connectivity index (χ0) is 9.68. The summed E-state index contributed by atoms with van der Waals surface area (Å²) in [6.07, 6.45) is 1.53. The highest BCUT2D eigenvalue weighted by molar-refractivity contribution is 7.82. The van der Waals surface area contributed by atoms with Crippen LogP contribution in [0.25, 0.3) is 6.08 Å². The lowest BCUT2D eigenvalue weighted by Crippen LogP contribution is -1.78. The van der Waals surface area contributed by atoms with E-state index in [-0.39, 0.29) is 0 Å². The van der Waals surface area contributed by atoms with Crippen molar-refractivity contribution in [3.05, 3.63) is 40.8 Å². The molecule has 4 heteroatoms. The maximum absolute atomic E-state index is 10.3. The molecule has 0 aromatic heterocycles. The number of hydrogen-bond acceptors (Lipinski definition) is 2. The molecule has 1 N–H and O–H groups in total. The predicted molar refractivity (Wildman–Crippen MR) is 51.0 cm³/mol. The zero-order valence-corrected chi connectivity index (χ0v) is 7.49. The SMILES string of the molecule is N#Cc1ccc(/C=C/S(=O)O)cc1. The fraction of sp³-hybridized carbons (Fsp3) is 0. The van der Waals surface area contributed by atoms with Gasteiger partial charge < -0.3 is 4.55 Å². The van der Waals surface area contributed by atoms with Crippen molar-refractivity contribution in [2.45, 2.75) is 0 Å². The van der Waals surface area contributed by atoms with Crippen LogP contribution in [0.4, 0.5) is 0 Å². The first-order valence-corrected chi connectivity index (χ1v) is 4.67. The van der Waals surface area contributed by atoms with Crippen LogP contribution in [-0.2, 0) is 11.1 Å². The molecule has 0 saturated heterocycles. The van der Waals surface area contributed by atoms with E-state index in [0.717, 1.165) is 5.56 Å². The molecular weight excluding hydrogens is 186 g/mol. The third kappa shape index (κ3) is 3.20. The first-order chi connectivity index (χ1) is 6.22. The maximum Gasteiger partial charge on any atom is 0.178 e. The van der Waals surface area contributed by atoms with E-state index in [1.165, 1.54) is 11.5 Å². The summed E-state index contributed by atoms with van der Waals surface area (Å²) in [4.78, 5) is 0. The molecule has 0 aliphatic heterocycles. The number of hydrogen-bond donors (Lipinski definition) is 1. The molecule has 1 aromatic carbocycles. The Bertz CT molecular complexity index is 376. The van der Waals surface area contributed by atoms with Gasteiger partial charge in [-0.05, 0) is 23.8 Å². The second kappa shape index (κ2) is 4.55. The van der Waals surface area contributed by atoms with Crippen molar-refractivity contribution >= 4 is 17.2 Å². The van der Waals surface area contributed by atoms with Gasteiger partial charge in [0.2, 0.25) is 0 Å². The zero-order valence-electron chi connectivity index (χ0n) is 6.68. The van der Waals surface area contributed by atoms with E-state index >= 15 is 0 Å². The molecule has 0 bridgehead atoms. The summed E-state index contributed by atoms with van der Waals surface area (Å²) < 4.78 is 18.7. The van der Waals surface area contributed by atoms with Crippen molar-refractivity contribution < 1.29 is 8.76 Å². The lowest BCUT2D eigenvalue weighted by Gasteiger charge is -1.91. The van der Waals surface area contributed by atoms with Crippen LogP contribution in [0.15, 0.2) is 29.7 Å². The van der Waals surface area contributed by atoms with Crippen molar-refractivity contribution in [2.75, 3.05) is 0 Å². The highest BCUT2D eigenvalue weighted by atomic mass is 32.2. The number of nitriles is 1. The van der Waals surface area contributed by atoms with E-state index in [0.29, 0.717) is 5.56 Å². The van der Waals surface area contributed by atoms with Crippen LogP contribution in [0, 0.1) is 11.3 Å². The Balaban J connectivity index is 2.82. The number of nitrogens with zero attached hydrogens (tertiary/aromatic N) is 1. The lowest BCUT2D eigenvalue weighted by molar-refractivity contribution is 0.574. The van der Waals surface area contributed by atoms with Gasteiger partial charge in [-0.15, -0.1) is 0 Å². The smallest absolute Gasteiger partial charge is 0.178 e. The Kier molecular flexibility index (Phi) is 3.38. The van der Waals surface area contributed by atoms with Gasteiger partial charge in [-0.2, -0.15) is 5.26 Å². The summed E-state index contributed by atoms with van der Waals surface area (Å²) in [6, 6.07) is 8.71. The normalized spacial score (nSPS) is 12.6. The van der Waals surface area contributed by atoms with E-state index in [2.05, 4.69) is 0 Å². The topological polar surface area (TPSA) is 61.1 Å². The molecule has 1 aromatic rings. The van der Waals surface area contributed by atoms with Crippen molar-refractivity contribution in [3.8, 4) is 6.07 Å². The summed E-state index contributed by atoms with van der Waals surface area (Å²) in [5, 5.41) is 9.66. The average molecular weight is 193 g/mol. The molecule has 0 fully saturated rings. The average Bonchev–Trinajstić information content (AvgIpc) is 2.15. The molecule has 0 amide bonds. The Labute approximate surface area is 78.6 Å². The van der Waals surface area contributed by atoms with E-state index < -0.39 is 11.1 Å². The van der Waals surface area contributed by atoms with Gasteiger partial charge in [0.1, 0.15) is 0 Å². The van der Waals surface area contributed by atoms with Gasteiger partial charge in [-0.3, -0.25) is 0 Å². The van der Waals surface area contributed by atoms with E-state index in [1.54, 1.807) is 24.3 Å². The maximum atomic E-state index is 10.3. The Morgan fingerprint density at radius 2 is 2.00 bits per heavy atom. The molecule has 1 atom stereocenters. The highest BCUT2D eigenvalue weighted by Crippen LogP contribution is 2.05. The van der Waals surface area contributed by atoms with Crippen LogP contribution in [0.5, 0.6) is 0 Å². The molecule has 0 aliphatic carbocycles. The van der Waals surface area contributed by atoms with Gasteiger partial charge in [-0.25, -0.2) is 4.21 Å². The summed E-state index contributed by atoms with van der Waals surface area (Å²) in [6.45, 7) is 0. The molecule has 0 spiro atoms. The standard InChI is InChI=1S/C9H7NO2S/c10-7-9-3-1-8(2-4-9)5-6-13(11)12/h1-6H,(H,11,12)/b6-5+. The number of benzene rings is 1. The van der Waals surface area contributed by atoms with Gasteiger partial charge in [-0.1, -0.05) is 12.1 Å². The van der Waals surface area contributed by atoms with E-state index in [1.807, 2.05) is 6.07 Å². The largest absolute Gasteiger partial charge is 0.303 e. The predicted octanol–water partition coefficient (Wildman–Crippen LogP) is 1.75. The van der Waals surface area contributed by atoms with E-state index in [4.69, 9.17) is 9.81 Å². The van der Waals surface area contributed by atoms with Crippen LogP contribution in [-0.4, -0.2) is 8.76 Å². The van der Waals surface area contributed by atoms with Crippen LogP contribution in [0.2, 0.25) is 0 Å². The molecule has 1 rings (SSSR count). The fourth-order valence-corrected chi connectivity index (χ4v) is 1.08. The highest BCUT2D eigenvalue weighted by Gasteiger charge is 1.89. The minimum absolute atomic E-state index is 0.572. The van der Waals surface area contributed by atoms with Crippen LogP contribution >= 0.6 is 0 Å². The number of rotatable bonds is 2. The molecule has 3 nitrogen and oxygen atoms in total. The van der Waals surface area contributed by atoms with Crippen LogP contribution in [0.1, 0.15) is 11.1 Å². The van der Waals surface area contributed by atoms with Crippen molar-refractivity contribution in [2.24, 2.45) is 0 Å². The summed E-state index contributed by atoms with van der Waals surface area (Å²) in [5.74, 6) is 0. The lowest BCUT2D eigenvalue weighted by atomic mass is 10.1. The molecule has 1 unspecified atom stereocenters. The molecule has 0 radical (unpaired) electrons. The third-order valence-corrected chi connectivity index (χ3v) is 1.79. The van der Waals surface area contributed by atoms with Crippen LogP contribution < -0.4 is 0 Å². The van der Waals surface area contributed by atoms with Gasteiger partial charge in [0.25, 0.3) is 0 Å².